The van der Waals surface area contributed by atoms with Crippen LogP contribution >= 0.6 is 27.3 Å². The highest BCUT2D eigenvalue weighted by Gasteiger charge is 2.16. The van der Waals surface area contributed by atoms with E-state index >= 15 is 0 Å². The van der Waals surface area contributed by atoms with E-state index in [2.05, 4.69) is 44.5 Å². The highest BCUT2D eigenvalue weighted by molar-refractivity contribution is 9.10. The van der Waals surface area contributed by atoms with E-state index in [4.69, 9.17) is 0 Å². The van der Waals surface area contributed by atoms with Crippen LogP contribution in [0.2, 0.25) is 0 Å². The molecule has 2 nitrogen and oxygen atoms in total. The van der Waals surface area contributed by atoms with Crippen LogP contribution in [0.3, 0.4) is 0 Å². The van der Waals surface area contributed by atoms with Gasteiger partial charge in [0.25, 0.3) is 0 Å². The van der Waals surface area contributed by atoms with Crippen LogP contribution in [0.4, 0.5) is 0 Å². The van der Waals surface area contributed by atoms with Gasteiger partial charge in [-0.3, -0.25) is 4.90 Å². The second kappa shape index (κ2) is 4.75. The molecule has 1 aliphatic rings. The van der Waals surface area contributed by atoms with Crippen LogP contribution in [0.5, 0.6) is 0 Å². The van der Waals surface area contributed by atoms with Gasteiger partial charge in [0.05, 0.1) is 0 Å². The molecule has 1 fully saturated rings. The monoisotopic (exact) mass is 274 g/mol. The molecule has 1 aliphatic heterocycles. The minimum absolute atomic E-state index is 0.627. The van der Waals surface area contributed by atoms with Crippen LogP contribution in [0.1, 0.15) is 11.8 Å². The SMILES string of the molecule is C[C@@H]1CN(Cc2sccc2Br)CCN1. The molecule has 0 aliphatic carbocycles. The molecule has 0 unspecified atom stereocenters. The summed E-state index contributed by atoms with van der Waals surface area (Å²) in [4.78, 5) is 3.96. The molecule has 0 radical (unpaired) electrons. The molecule has 4 heteroatoms. The smallest absolute Gasteiger partial charge is 0.0340 e. The predicted octanol–water partition coefficient (Wildman–Crippen LogP) is 2.30. The maximum Gasteiger partial charge on any atom is 0.0340 e. The van der Waals surface area contributed by atoms with Crippen molar-refractivity contribution in [3.63, 3.8) is 0 Å². The first-order chi connectivity index (χ1) is 6.75. The van der Waals surface area contributed by atoms with Crippen molar-refractivity contribution >= 4 is 27.3 Å². The molecule has 2 rings (SSSR count). The van der Waals surface area contributed by atoms with Crippen molar-refractivity contribution < 1.29 is 0 Å². The number of nitrogens with zero attached hydrogens (tertiary/aromatic N) is 1. The lowest BCUT2D eigenvalue weighted by molar-refractivity contribution is 0.201. The van der Waals surface area contributed by atoms with Crippen molar-refractivity contribution in [2.45, 2.75) is 19.5 Å². The molecule has 14 heavy (non-hydrogen) atoms. The Bertz CT molecular complexity index is 300. The van der Waals surface area contributed by atoms with E-state index in [0.717, 1.165) is 26.2 Å². The Labute approximate surface area is 97.4 Å². The molecule has 0 bridgehead atoms. The van der Waals surface area contributed by atoms with Gasteiger partial charge in [0.1, 0.15) is 0 Å². The third kappa shape index (κ3) is 2.57. The predicted molar refractivity (Wildman–Crippen MR) is 64.8 cm³/mol. The van der Waals surface area contributed by atoms with Crippen LogP contribution < -0.4 is 5.32 Å². The van der Waals surface area contributed by atoms with Gasteiger partial charge in [-0.05, 0) is 34.3 Å². The van der Waals surface area contributed by atoms with Gasteiger partial charge in [-0.15, -0.1) is 11.3 Å². The molecule has 1 aromatic rings. The van der Waals surface area contributed by atoms with Crippen LogP contribution in [0, 0.1) is 0 Å². The van der Waals surface area contributed by atoms with E-state index in [1.54, 1.807) is 0 Å². The van der Waals surface area contributed by atoms with Crippen LogP contribution in [0.25, 0.3) is 0 Å². The van der Waals surface area contributed by atoms with E-state index in [0.29, 0.717) is 6.04 Å². The summed E-state index contributed by atoms with van der Waals surface area (Å²) in [6.45, 7) is 6.77. The quantitative estimate of drug-likeness (QED) is 0.891. The fourth-order valence-corrected chi connectivity index (χ4v) is 3.32. The van der Waals surface area contributed by atoms with E-state index in [1.165, 1.54) is 9.35 Å². The van der Waals surface area contributed by atoms with Crippen molar-refractivity contribution in [1.29, 1.82) is 0 Å². The van der Waals surface area contributed by atoms with Gasteiger partial charge in [-0.25, -0.2) is 0 Å². The van der Waals surface area contributed by atoms with E-state index < -0.39 is 0 Å². The highest BCUT2D eigenvalue weighted by atomic mass is 79.9. The summed E-state index contributed by atoms with van der Waals surface area (Å²) < 4.78 is 1.26. The van der Waals surface area contributed by atoms with Crippen molar-refractivity contribution in [1.82, 2.24) is 10.2 Å². The normalized spacial score (nSPS) is 24.0. The first kappa shape index (κ1) is 10.6. The second-order valence-electron chi connectivity index (χ2n) is 3.78. The molecule has 1 N–H and O–H groups in total. The van der Waals surface area contributed by atoms with Gasteiger partial charge in [0, 0.05) is 41.6 Å². The van der Waals surface area contributed by atoms with E-state index in [1.807, 2.05) is 11.3 Å². The molecule has 0 saturated carbocycles. The topological polar surface area (TPSA) is 15.3 Å². The maximum absolute atomic E-state index is 3.58. The lowest BCUT2D eigenvalue weighted by atomic mass is 10.2. The van der Waals surface area contributed by atoms with Gasteiger partial charge >= 0.3 is 0 Å². The Morgan fingerprint density at radius 3 is 3.21 bits per heavy atom. The largest absolute Gasteiger partial charge is 0.312 e. The molecule has 1 atom stereocenters. The summed E-state index contributed by atoms with van der Waals surface area (Å²) >= 11 is 5.41. The molecule has 0 spiro atoms. The van der Waals surface area contributed by atoms with Crippen LogP contribution in [0.15, 0.2) is 15.9 Å². The third-order valence-electron chi connectivity index (χ3n) is 2.51. The Hall–Kier alpha value is 0.1000. The number of halogens is 1. The fraction of sp³-hybridized carbons (Fsp3) is 0.600. The highest BCUT2D eigenvalue weighted by Crippen LogP contribution is 2.24. The zero-order valence-corrected chi connectivity index (χ0v) is 10.7. The Kier molecular flexibility index (Phi) is 3.60. The van der Waals surface area contributed by atoms with Gasteiger partial charge in [-0.2, -0.15) is 0 Å². The Balaban J connectivity index is 1.94. The average Bonchev–Trinajstić information content (AvgIpc) is 2.52. The minimum atomic E-state index is 0.627. The van der Waals surface area contributed by atoms with E-state index in [-0.39, 0.29) is 0 Å². The van der Waals surface area contributed by atoms with Crippen molar-refractivity contribution in [3.05, 3.63) is 20.8 Å². The molecule has 0 aromatic carbocycles. The molecule has 0 amide bonds. The summed E-state index contributed by atoms with van der Waals surface area (Å²) in [7, 11) is 0. The van der Waals surface area contributed by atoms with Crippen LogP contribution in [-0.2, 0) is 6.54 Å². The first-order valence-corrected chi connectivity index (χ1v) is 6.60. The summed E-state index contributed by atoms with van der Waals surface area (Å²) in [5, 5.41) is 5.60. The number of hydrogen-bond acceptors (Lipinski definition) is 3. The number of piperazine rings is 1. The number of hydrogen-bond donors (Lipinski definition) is 1. The lowest BCUT2D eigenvalue weighted by Gasteiger charge is -2.31. The molecule has 1 saturated heterocycles. The first-order valence-electron chi connectivity index (χ1n) is 4.93. The summed E-state index contributed by atoms with van der Waals surface area (Å²) in [6.07, 6.45) is 0. The van der Waals surface area contributed by atoms with Gasteiger partial charge in [-0.1, -0.05) is 0 Å². The van der Waals surface area contributed by atoms with Crippen molar-refractivity contribution in [2.24, 2.45) is 0 Å². The summed E-state index contributed by atoms with van der Waals surface area (Å²) in [5.41, 5.74) is 0. The Morgan fingerprint density at radius 1 is 1.71 bits per heavy atom. The summed E-state index contributed by atoms with van der Waals surface area (Å²) in [5.74, 6) is 0. The van der Waals surface area contributed by atoms with E-state index in [9.17, 15) is 0 Å². The number of nitrogens with one attached hydrogen (secondary N) is 1. The zero-order chi connectivity index (χ0) is 9.97. The maximum atomic E-state index is 3.58. The van der Waals surface area contributed by atoms with Gasteiger partial charge < -0.3 is 5.32 Å². The minimum Gasteiger partial charge on any atom is -0.312 e. The fourth-order valence-electron chi connectivity index (χ4n) is 1.80. The number of rotatable bonds is 2. The molecule has 2 heterocycles. The molecule has 1 aromatic heterocycles. The van der Waals surface area contributed by atoms with Gasteiger partial charge in [0.15, 0.2) is 0 Å². The Morgan fingerprint density at radius 2 is 2.57 bits per heavy atom. The molecular weight excluding hydrogens is 260 g/mol. The third-order valence-corrected chi connectivity index (χ3v) is 4.42. The van der Waals surface area contributed by atoms with Crippen molar-refractivity contribution in [3.8, 4) is 0 Å². The van der Waals surface area contributed by atoms with Crippen LogP contribution in [-0.4, -0.2) is 30.6 Å². The molecule has 78 valence electrons. The lowest BCUT2D eigenvalue weighted by Crippen LogP contribution is -2.48. The standard InChI is InChI=1S/C10H15BrN2S/c1-8-6-13(4-3-12-8)7-10-9(11)2-5-14-10/h2,5,8,12H,3-4,6-7H2,1H3/t8-/m1/s1. The van der Waals surface area contributed by atoms with Crippen molar-refractivity contribution in [2.75, 3.05) is 19.6 Å². The summed E-state index contributed by atoms with van der Waals surface area (Å²) in [6, 6.07) is 2.76. The average molecular weight is 275 g/mol. The second-order valence-corrected chi connectivity index (χ2v) is 5.64. The zero-order valence-electron chi connectivity index (χ0n) is 8.29. The molecular formula is C10H15BrN2S. The number of thiophene rings is 1. The van der Waals surface area contributed by atoms with Gasteiger partial charge in [0.2, 0.25) is 0 Å².